The van der Waals surface area contributed by atoms with Gasteiger partial charge in [0.15, 0.2) is 22.9 Å². The van der Waals surface area contributed by atoms with Crippen LogP contribution < -0.4 is 14.4 Å². The Bertz CT molecular complexity index is 1150. The number of nitrogens with zero attached hydrogens (tertiary/aromatic N) is 2. The van der Waals surface area contributed by atoms with Crippen LogP contribution in [0.15, 0.2) is 67.0 Å². The summed E-state index contributed by atoms with van der Waals surface area (Å²) in [6.45, 7) is 0.402. The van der Waals surface area contributed by atoms with E-state index in [-0.39, 0.29) is 25.5 Å². The third-order valence-electron chi connectivity index (χ3n) is 5.44. The smallest absolute Gasteiger partial charge is 0.264 e. The Morgan fingerprint density at radius 2 is 1.83 bits per heavy atom. The summed E-state index contributed by atoms with van der Waals surface area (Å²) >= 11 is 0. The van der Waals surface area contributed by atoms with Gasteiger partial charge in [-0.3, -0.25) is 14.6 Å². The number of Topliss-reactive ketones (excluding diaryl/α,β-unsaturated/α-hetero) is 1. The molecule has 0 radical (unpaired) electrons. The summed E-state index contributed by atoms with van der Waals surface area (Å²) in [5, 5.41) is 11.4. The van der Waals surface area contributed by atoms with Crippen molar-refractivity contribution in [3.05, 3.63) is 83.7 Å². The van der Waals surface area contributed by atoms with E-state index in [1.165, 1.54) is 17.3 Å². The number of rotatable bonds is 5. The van der Waals surface area contributed by atoms with E-state index in [4.69, 9.17) is 9.47 Å². The van der Waals surface area contributed by atoms with Gasteiger partial charge in [0.05, 0.1) is 18.7 Å². The third-order valence-corrected chi connectivity index (χ3v) is 5.44. The van der Waals surface area contributed by atoms with Crippen molar-refractivity contribution in [3.8, 4) is 11.5 Å². The van der Waals surface area contributed by atoms with Crippen molar-refractivity contribution < 1.29 is 24.2 Å². The number of carbonyl (C=O) groups is 2. The van der Waals surface area contributed by atoms with Gasteiger partial charge in [-0.25, -0.2) is 0 Å². The van der Waals surface area contributed by atoms with E-state index in [1.54, 1.807) is 42.5 Å². The number of amides is 1. The van der Waals surface area contributed by atoms with Crippen molar-refractivity contribution >= 4 is 17.4 Å². The van der Waals surface area contributed by atoms with Crippen molar-refractivity contribution in [2.24, 2.45) is 0 Å². The average molecular weight is 402 g/mol. The van der Waals surface area contributed by atoms with Gasteiger partial charge in [0.1, 0.15) is 0 Å². The predicted octanol–water partition coefficient (Wildman–Crippen LogP) is 2.82. The number of benzene rings is 2. The predicted molar refractivity (Wildman–Crippen MR) is 107 cm³/mol. The van der Waals surface area contributed by atoms with Crippen LogP contribution in [0.1, 0.15) is 27.9 Å². The van der Waals surface area contributed by atoms with E-state index in [2.05, 4.69) is 4.98 Å². The molecule has 2 aliphatic rings. The lowest BCUT2D eigenvalue weighted by molar-refractivity contribution is -0.136. The molecule has 7 nitrogen and oxygen atoms in total. The fourth-order valence-electron chi connectivity index (χ4n) is 3.93. The highest BCUT2D eigenvalue weighted by Gasteiger charge is 2.50. The summed E-state index contributed by atoms with van der Waals surface area (Å²) in [5.41, 5.74) is 0.321. The zero-order chi connectivity index (χ0) is 20.7. The minimum absolute atomic E-state index is 0.168. The van der Waals surface area contributed by atoms with E-state index >= 15 is 0 Å². The molecule has 2 aliphatic heterocycles. The molecule has 0 saturated heterocycles. The normalized spacial score (nSPS) is 19.1. The number of ether oxygens (including phenoxy) is 2. The quantitative estimate of drug-likeness (QED) is 0.660. The Labute approximate surface area is 172 Å². The number of fused-ring (bicyclic) bond motifs is 2. The lowest BCUT2D eigenvalue weighted by atomic mass is 9.88. The van der Waals surface area contributed by atoms with Crippen molar-refractivity contribution in [2.45, 2.75) is 18.6 Å². The molecule has 3 aromatic rings. The van der Waals surface area contributed by atoms with E-state index in [9.17, 15) is 14.7 Å². The Kier molecular flexibility index (Phi) is 4.25. The zero-order valence-electron chi connectivity index (χ0n) is 15.9. The Morgan fingerprint density at radius 3 is 2.67 bits per heavy atom. The van der Waals surface area contributed by atoms with E-state index in [1.807, 2.05) is 12.1 Å². The number of carbonyl (C=O) groups excluding carboxylic acids is 2. The Morgan fingerprint density at radius 1 is 1.07 bits per heavy atom. The number of anilines is 1. The highest BCUT2D eigenvalue weighted by molar-refractivity contribution is 6.10. The number of aromatic nitrogens is 1. The molecule has 2 aromatic carbocycles. The third kappa shape index (κ3) is 2.91. The van der Waals surface area contributed by atoms with E-state index in [0.717, 1.165) is 5.56 Å². The molecule has 1 aromatic heterocycles. The monoisotopic (exact) mass is 402 g/mol. The van der Waals surface area contributed by atoms with E-state index in [0.29, 0.717) is 28.3 Å². The van der Waals surface area contributed by atoms with Gasteiger partial charge in [0, 0.05) is 23.5 Å². The number of hydrogen-bond acceptors (Lipinski definition) is 6. The maximum atomic E-state index is 13.3. The molecule has 3 heterocycles. The molecule has 1 amide bonds. The lowest BCUT2D eigenvalue weighted by Crippen LogP contribution is -2.41. The van der Waals surface area contributed by atoms with Gasteiger partial charge in [0.25, 0.3) is 5.91 Å². The van der Waals surface area contributed by atoms with Crippen LogP contribution in [0.4, 0.5) is 5.69 Å². The highest BCUT2D eigenvalue weighted by atomic mass is 16.7. The van der Waals surface area contributed by atoms with Crippen LogP contribution in [0, 0.1) is 0 Å². The summed E-state index contributed by atoms with van der Waals surface area (Å²) in [6, 6.07) is 15.6. The molecule has 7 heteroatoms. The maximum absolute atomic E-state index is 13.3. The summed E-state index contributed by atoms with van der Waals surface area (Å²) in [4.78, 5) is 31.5. The standard InChI is InChI=1S/C23H18N2O5/c26-19(16-7-9-24-10-8-16)12-23(28)17-3-1-2-4-18(17)25(22(23)27)13-15-5-6-20-21(11-15)30-14-29-20/h1-11,28H,12-14H2. The van der Waals surface area contributed by atoms with Crippen molar-refractivity contribution in [3.63, 3.8) is 0 Å². The van der Waals surface area contributed by atoms with Gasteiger partial charge in [-0.05, 0) is 35.9 Å². The Hall–Kier alpha value is -3.71. The topological polar surface area (TPSA) is 89.0 Å². The molecule has 150 valence electrons. The first-order valence-electron chi connectivity index (χ1n) is 9.52. The second-order valence-electron chi connectivity index (χ2n) is 7.29. The molecule has 0 spiro atoms. The first-order valence-corrected chi connectivity index (χ1v) is 9.52. The van der Waals surface area contributed by atoms with Crippen LogP contribution in [0.2, 0.25) is 0 Å². The minimum atomic E-state index is -1.92. The molecule has 1 unspecified atom stereocenters. The van der Waals surface area contributed by atoms with Crippen LogP contribution in [0.25, 0.3) is 0 Å². The summed E-state index contributed by atoms with van der Waals surface area (Å²) in [6.07, 6.45) is 2.67. The van der Waals surface area contributed by atoms with Gasteiger partial charge < -0.3 is 19.5 Å². The lowest BCUT2D eigenvalue weighted by Gasteiger charge is -2.23. The first kappa shape index (κ1) is 18.3. The van der Waals surface area contributed by atoms with Gasteiger partial charge in [-0.15, -0.1) is 0 Å². The summed E-state index contributed by atoms with van der Waals surface area (Å²) < 4.78 is 10.8. The van der Waals surface area contributed by atoms with Crippen molar-refractivity contribution in [1.82, 2.24) is 4.98 Å². The molecule has 30 heavy (non-hydrogen) atoms. The Balaban J connectivity index is 1.47. The number of para-hydroxylation sites is 1. The highest BCUT2D eigenvalue weighted by Crippen LogP contribution is 2.44. The molecule has 0 saturated carbocycles. The molecule has 0 fully saturated rings. The largest absolute Gasteiger partial charge is 0.454 e. The van der Waals surface area contributed by atoms with E-state index < -0.39 is 11.5 Å². The first-order chi connectivity index (χ1) is 14.6. The number of pyridine rings is 1. The average Bonchev–Trinajstić information content (AvgIpc) is 3.32. The molecule has 0 bridgehead atoms. The van der Waals surface area contributed by atoms with Gasteiger partial charge in [0.2, 0.25) is 6.79 Å². The SMILES string of the molecule is O=C(CC1(O)C(=O)N(Cc2ccc3c(c2)OCO3)c2ccccc21)c1ccncc1. The second-order valence-corrected chi connectivity index (χ2v) is 7.29. The van der Waals surface area contributed by atoms with Crippen LogP contribution in [-0.4, -0.2) is 28.6 Å². The summed E-state index contributed by atoms with van der Waals surface area (Å²) in [7, 11) is 0. The van der Waals surface area contributed by atoms with Gasteiger partial charge in [-0.2, -0.15) is 0 Å². The van der Waals surface area contributed by atoms with Gasteiger partial charge in [-0.1, -0.05) is 24.3 Å². The second kappa shape index (κ2) is 6.96. The van der Waals surface area contributed by atoms with Crippen molar-refractivity contribution in [1.29, 1.82) is 0 Å². The fourth-order valence-corrected chi connectivity index (χ4v) is 3.93. The van der Waals surface area contributed by atoms with Crippen molar-refractivity contribution in [2.75, 3.05) is 11.7 Å². The zero-order valence-corrected chi connectivity index (χ0v) is 15.9. The fraction of sp³-hybridized carbons (Fsp3) is 0.174. The molecule has 0 aliphatic carbocycles. The molecule has 1 atom stereocenters. The molecule has 5 rings (SSSR count). The minimum Gasteiger partial charge on any atom is -0.454 e. The maximum Gasteiger partial charge on any atom is 0.264 e. The molecule has 1 N–H and O–H groups in total. The number of ketones is 1. The van der Waals surface area contributed by atoms with Crippen LogP contribution in [0.3, 0.4) is 0 Å². The molecular formula is C23H18N2O5. The van der Waals surface area contributed by atoms with Crippen LogP contribution >= 0.6 is 0 Å². The summed E-state index contributed by atoms with van der Waals surface area (Å²) in [5.74, 6) is 0.429. The number of aliphatic hydroxyl groups is 1. The molecular weight excluding hydrogens is 384 g/mol. The van der Waals surface area contributed by atoms with Crippen LogP contribution in [0.5, 0.6) is 11.5 Å². The van der Waals surface area contributed by atoms with Gasteiger partial charge >= 0.3 is 0 Å². The van der Waals surface area contributed by atoms with Crippen LogP contribution in [-0.2, 0) is 16.9 Å². The number of hydrogen-bond donors (Lipinski definition) is 1.